The molecule has 0 bridgehead atoms. The van der Waals surface area contributed by atoms with E-state index in [0.717, 1.165) is 16.7 Å². The summed E-state index contributed by atoms with van der Waals surface area (Å²) in [5.74, 6) is -1.77. The number of hydrogen-bond acceptors (Lipinski definition) is 2. The van der Waals surface area contributed by atoms with E-state index in [1.165, 1.54) is 12.1 Å². The third kappa shape index (κ3) is 3.99. The highest BCUT2D eigenvalue weighted by molar-refractivity contribution is 6.41. The molecule has 0 heterocycles. The van der Waals surface area contributed by atoms with Crippen LogP contribution in [0.25, 0.3) is 11.1 Å². The van der Waals surface area contributed by atoms with Gasteiger partial charge in [0, 0.05) is 5.56 Å². The number of benzene rings is 3. The van der Waals surface area contributed by atoms with E-state index in [0.29, 0.717) is 10.7 Å². The van der Waals surface area contributed by atoms with Crippen LogP contribution in [-0.2, 0) is 0 Å². The first kappa shape index (κ1) is 20.2. The Labute approximate surface area is 176 Å². The normalized spacial score (nSPS) is 10.6. The molecule has 0 saturated heterocycles. The van der Waals surface area contributed by atoms with Crippen LogP contribution in [0.5, 0.6) is 0 Å². The zero-order chi connectivity index (χ0) is 20.4. The van der Waals surface area contributed by atoms with Crippen LogP contribution >= 0.6 is 34.8 Å². The van der Waals surface area contributed by atoms with Gasteiger partial charge in [0.2, 0.25) is 0 Å². The van der Waals surface area contributed by atoms with E-state index in [9.17, 15) is 9.59 Å². The molecular weight excluding hydrogens is 421 g/mol. The smallest absolute Gasteiger partial charge is 0.335 e. The Kier molecular flexibility index (Phi) is 5.94. The van der Waals surface area contributed by atoms with Gasteiger partial charge in [-0.15, -0.1) is 0 Å². The van der Waals surface area contributed by atoms with Crippen molar-refractivity contribution in [1.82, 2.24) is 0 Å². The Hall–Kier alpha value is -2.53. The van der Waals surface area contributed by atoms with Crippen molar-refractivity contribution in [3.8, 4) is 11.1 Å². The summed E-state index contributed by atoms with van der Waals surface area (Å²) in [5.41, 5.74) is 2.74. The van der Waals surface area contributed by atoms with Crippen molar-refractivity contribution in [3.05, 3.63) is 86.4 Å². The molecule has 0 aliphatic rings. The molecule has 3 rings (SSSR count). The number of halogens is 3. The van der Waals surface area contributed by atoms with Gasteiger partial charge in [-0.1, -0.05) is 77.3 Å². The SMILES string of the molecule is Cc1ccc(-c2ccccc2)c(Cl)c1NC(=O)c1c(Cl)cc(C(=O)O)cc1Cl. The zero-order valence-electron chi connectivity index (χ0n) is 14.6. The van der Waals surface area contributed by atoms with Gasteiger partial charge in [-0.2, -0.15) is 0 Å². The summed E-state index contributed by atoms with van der Waals surface area (Å²) in [4.78, 5) is 23.9. The predicted molar refractivity (Wildman–Crippen MR) is 113 cm³/mol. The van der Waals surface area contributed by atoms with E-state index in [1.54, 1.807) is 0 Å². The van der Waals surface area contributed by atoms with Gasteiger partial charge in [0.05, 0.1) is 31.9 Å². The van der Waals surface area contributed by atoms with Gasteiger partial charge in [-0.3, -0.25) is 4.79 Å². The Balaban J connectivity index is 2.01. The van der Waals surface area contributed by atoms with Crippen LogP contribution in [0.3, 0.4) is 0 Å². The fourth-order valence-electron chi connectivity index (χ4n) is 2.76. The van der Waals surface area contributed by atoms with Gasteiger partial charge in [-0.25, -0.2) is 4.79 Å². The first-order chi connectivity index (χ1) is 13.3. The van der Waals surface area contributed by atoms with E-state index in [4.69, 9.17) is 39.9 Å². The second-order valence-electron chi connectivity index (χ2n) is 6.06. The lowest BCUT2D eigenvalue weighted by Crippen LogP contribution is -2.15. The quantitative estimate of drug-likeness (QED) is 0.488. The predicted octanol–water partition coefficient (Wildman–Crippen LogP) is 6.57. The Morgan fingerprint density at radius 1 is 0.929 bits per heavy atom. The van der Waals surface area contributed by atoms with Gasteiger partial charge in [0.25, 0.3) is 5.91 Å². The van der Waals surface area contributed by atoms with Crippen molar-refractivity contribution in [2.24, 2.45) is 0 Å². The fourth-order valence-corrected chi connectivity index (χ4v) is 3.78. The molecule has 0 aromatic heterocycles. The summed E-state index contributed by atoms with van der Waals surface area (Å²) < 4.78 is 0. The summed E-state index contributed by atoms with van der Waals surface area (Å²) in [6.45, 7) is 1.81. The maximum Gasteiger partial charge on any atom is 0.335 e. The maximum absolute atomic E-state index is 12.8. The molecule has 4 nitrogen and oxygen atoms in total. The highest BCUT2D eigenvalue weighted by Crippen LogP contribution is 2.37. The maximum atomic E-state index is 12.8. The van der Waals surface area contributed by atoms with Crippen molar-refractivity contribution >= 4 is 52.4 Å². The Morgan fingerprint density at radius 2 is 1.54 bits per heavy atom. The summed E-state index contributed by atoms with van der Waals surface area (Å²) in [5, 5.41) is 12.1. The minimum absolute atomic E-state index is 0.0195. The average Bonchev–Trinajstić information content (AvgIpc) is 2.65. The second-order valence-corrected chi connectivity index (χ2v) is 7.25. The molecule has 0 aliphatic heterocycles. The summed E-state index contributed by atoms with van der Waals surface area (Å²) in [6, 6.07) is 15.6. The summed E-state index contributed by atoms with van der Waals surface area (Å²) >= 11 is 18.8. The van der Waals surface area contributed by atoms with Crippen molar-refractivity contribution in [3.63, 3.8) is 0 Å². The molecule has 3 aromatic rings. The summed E-state index contributed by atoms with van der Waals surface area (Å²) in [6.07, 6.45) is 0. The van der Waals surface area contributed by atoms with Crippen LogP contribution in [0, 0.1) is 6.92 Å². The molecule has 0 radical (unpaired) electrons. The lowest BCUT2D eigenvalue weighted by Gasteiger charge is -2.15. The number of rotatable bonds is 4. The Morgan fingerprint density at radius 3 is 2.11 bits per heavy atom. The number of amides is 1. The minimum atomic E-state index is -1.19. The molecule has 2 N–H and O–H groups in total. The standard InChI is InChI=1S/C21H14Cl3NO3/c1-11-7-8-14(12-5-3-2-4-6-12)18(24)19(11)25-20(26)17-15(22)9-13(21(27)28)10-16(17)23/h2-10H,1H3,(H,25,26)(H,27,28). The van der Waals surface area contributed by atoms with Crippen LogP contribution in [0.1, 0.15) is 26.3 Å². The van der Waals surface area contributed by atoms with Crippen molar-refractivity contribution in [2.45, 2.75) is 6.92 Å². The van der Waals surface area contributed by atoms with Crippen LogP contribution in [0.2, 0.25) is 15.1 Å². The van der Waals surface area contributed by atoms with E-state index in [1.807, 2.05) is 49.4 Å². The van der Waals surface area contributed by atoms with Crippen LogP contribution in [-0.4, -0.2) is 17.0 Å². The number of carboxylic acids is 1. The molecule has 0 spiro atoms. The molecule has 0 fully saturated rings. The number of carbonyl (C=O) groups is 2. The van der Waals surface area contributed by atoms with Gasteiger partial charge >= 0.3 is 5.97 Å². The van der Waals surface area contributed by atoms with Gasteiger partial charge < -0.3 is 10.4 Å². The highest BCUT2D eigenvalue weighted by Gasteiger charge is 2.21. The molecule has 0 saturated carbocycles. The van der Waals surface area contributed by atoms with Gasteiger partial charge in [0.1, 0.15) is 0 Å². The van der Waals surface area contributed by atoms with E-state index in [2.05, 4.69) is 5.32 Å². The number of aryl methyl sites for hydroxylation is 1. The van der Waals surface area contributed by atoms with Crippen LogP contribution in [0.15, 0.2) is 54.6 Å². The molecule has 28 heavy (non-hydrogen) atoms. The zero-order valence-corrected chi connectivity index (χ0v) is 16.9. The highest BCUT2D eigenvalue weighted by atomic mass is 35.5. The molecule has 7 heteroatoms. The first-order valence-corrected chi connectivity index (χ1v) is 9.31. The van der Waals surface area contributed by atoms with Crippen molar-refractivity contribution in [1.29, 1.82) is 0 Å². The molecule has 3 aromatic carbocycles. The topological polar surface area (TPSA) is 66.4 Å². The Bertz CT molecular complexity index is 1060. The lowest BCUT2D eigenvalue weighted by atomic mass is 10.0. The first-order valence-electron chi connectivity index (χ1n) is 8.17. The number of anilines is 1. The average molecular weight is 435 g/mol. The second kappa shape index (κ2) is 8.23. The summed E-state index contributed by atoms with van der Waals surface area (Å²) in [7, 11) is 0. The lowest BCUT2D eigenvalue weighted by molar-refractivity contribution is 0.0696. The fraction of sp³-hybridized carbons (Fsp3) is 0.0476. The number of hydrogen-bond donors (Lipinski definition) is 2. The molecule has 0 atom stereocenters. The van der Waals surface area contributed by atoms with Crippen molar-refractivity contribution in [2.75, 3.05) is 5.32 Å². The molecule has 0 aliphatic carbocycles. The van der Waals surface area contributed by atoms with E-state index >= 15 is 0 Å². The number of aromatic carboxylic acids is 1. The van der Waals surface area contributed by atoms with Crippen LogP contribution in [0.4, 0.5) is 5.69 Å². The molecule has 0 unspecified atom stereocenters. The monoisotopic (exact) mass is 433 g/mol. The van der Waals surface area contributed by atoms with Gasteiger partial charge in [-0.05, 0) is 30.2 Å². The minimum Gasteiger partial charge on any atom is -0.478 e. The number of carboxylic acid groups (broad SMARTS) is 1. The number of carbonyl (C=O) groups excluding carboxylic acids is 1. The van der Waals surface area contributed by atoms with Gasteiger partial charge in [0.15, 0.2) is 0 Å². The number of nitrogens with one attached hydrogen (secondary N) is 1. The van der Waals surface area contributed by atoms with E-state index in [-0.39, 0.29) is 21.2 Å². The largest absolute Gasteiger partial charge is 0.478 e. The van der Waals surface area contributed by atoms with E-state index < -0.39 is 11.9 Å². The van der Waals surface area contributed by atoms with Crippen LogP contribution < -0.4 is 5.32 Å². The third-order valence-corrected chi connectivity index (χ3v) is 5.18. The molecule has 1 amide bonds. The molecule has 142 valence electrons. The molecular formula is C21H14Cl3NO3. The third-order valence-electron chi connectivity index (χ3n) is 4.19. The van der Waals surface area contributed by atoms with Crippen molar-refractivity contribution < 1.29 is 14.7 Å².